The quantitative estimate of drug-likeness (QED) is 0.583. The summed E-state index contributed by atoms with van der Waals surface area (Å²) in [4.78, 5) is 0. The number of rotatable bonds is 8. The smallest absolute Gasteiger partial charge is 0.131 e. The fraction of sp³-hybridized carbons (Fsp3) is 0.217. The highest BCUT2D eigenvalue weighted by Crippen LogP contribution is 2.29. The van der Waals surface area contributed by atoms with Gasteiger partial charge in [0.05, 0.1) is 0 Å². The molecule has 0 fully saturated rings. The summed E-state index contributed by atoms with van der Waals surface area (Å²) in [6.07, 6.45) is 0. The molecule has 0 bridgehead atoms. The SMILES string of the molecule is Cc1ccc(-c2ccc(-c3ccc(OCCNCCN)cc3)cc2F)cc1. The van der Waals surface area contributed by atoms with Crippen molar-refractivity contribution in [3.05, 3.63) is 78.1 Å². The molecule has 0 saturated heterocycles. The second-order valence-electron chi connectivity index (χ2n) is 6.47. The van der Waals surface area contributed by atoms with Crippen LogP contribution in [0.15, 0.2) is 66.7 Å². The van der Waals surface area contributed by atoms with Crippen molar-refractivity contribution in [1.29, 1.82) is 0 Å². The van der Waals surface area contributed by atoms with Gasteiger partial charge in [-0.25, -0.2) is 4.39 Å². The molecular weight excluding hydrogens is 339 g/mol. The van der Waals surface area contributed by atoms with Gasteiger partial charge in [-0.2, -0.15) is 0 Å². The summed E-state index contributed by atoms with van der Waals surface area (Å²) < 4.78 is 20.3. The van der Waals surface area contributed by atoms with Crippen molar-refractivity contribution in [1.82, 2.24) is 5.32 Å². The summed E-state index contributed by atoms with van der Waals surface area (Å²) >= 11 is 0. The Kier molecular flexibility index (Phi) is 6.58. The van der Waals surface area contributed by atoms with Crippen LogP contribution in [0.4, 0.5) is 4.39 Å². The zero-order valence-corrected chi connectivity index (χ0v) is 15.5. The molecule has 0 aliphatic heterocycles. The van der Waals surface area contributed by atoms with Gasteiger partial charge in [-0.3, -0.25) is 0 Å². The Morgan fingerprint density at radius 3 is 2.19 bits per heavy atom. The average molecular weight is 364 g/mol. The second-order valence-corrected chi connectivity index (χ2v) is 6.47. The Hall–Kier alpha value is -2.69. The lowest BCUT2D eigenvalue weighted by Crippen LogP contribution is -2.26. The highest BCUT2D eigenvalue weighted by Gasteiger charge is 2.07. The van der Waals surface area contributed by atoms with E-state index < -0.39 is 0 Å². The molecule has 3 N–H and O–H groups in total. The monoisotopic (exact) mass is 364 g/mol. The average Bonchev–Trinajstić information content (AvgIpc) is 2.69. The highest BCUT2D eigenvalue weighted by atomic mass is 19.1. The van der Waals surface area contributed by atoms with Gasteiger partial charge < -0.3 is 15.8 Å². The Morgan fingerprint density at radius 2 is 1.52 bits per heavy atom. The van der Waals surface area contributed by atoms with Gasteiger partial charge in [0.1, 0.15) is 18.2 Å². The summed E-state index contributed by atoms with van der Waals surface area (Å²) in [5, 5.41) is 3.18. The molecule has 3 aromatic rings. The summed E-state index contributed by atoms with van der Waals surface area (Å²) in [5.74, 6) is 0.577. The third-order valence-corrected chi connectivity index (χ3v) is 4.39. The fourth-order valence-corrected chi connectivity index (χ4v) is 2.87. The van der Waals surface area contributed by atoms with Crippen molar-refractivity contribution in [2.75, 3.05) is 26.2 Å². The van der Waals surface area contributed by atoms with Crippen LogP contribution in [0.5, 0.6) is 5.75 Å². The minimum absolute atomic E-state index is 0.220. The van der Waals surface area contributed by atoms with E-state index in [1.807, 2.05) is 67.6 Å². The number of nitrogens with two attached hydrogens (primary N) is 1. The molecule has 0 radical (unpaired) electrons. The number of hydrogen-bond donors (Lipinski definition) is 2. The molecule has 0 unspecified atom stereocenters. The molecule has 27 heavy (non-hydrogen) atoms. The predicted molar refractivity (Wildman–Crippen MR) is 109 cm³/mol. The lowest BCUT2D eigenvalue weighted by atomic mass is 9.99. The van der Waals surface area contributed by atoms with Crippen molar-refractivity contribution in [3.8, 4) is 28.0 Å². The number of hydrogen-bond acceptors (Lipinski definition) is 3. The van der Waals surface area contributed by atoms with Crippen LogP contribution in [0.2, 0.25) is 0 Å². The number of benzene rings is 3. The third kappa shape index (κ3) is 5.16. The van der Waals surface area contributed by atoms with Crippen LogP contribution in [-0.2, 0) is 0 Å². The standard InChI is InChI=1S/C23H25FN2O/c1-17-2-4-19(5-3-17)22-11-8-20(16-23(22)24)18-6-9-21(10-7-18)27-15-14-26-13-12-25/h2-11,16,26H,12-15,25H2,1H3. The topological polar surface area (TPSA) is 47.3 Å². The molecule has 4 heteroatoms. The van der Waals surface area contributed by atoms with Crippen LogP contribution in [0.25, 0.3) is 22.3 Å². The summed E-state index contributed by atoms with van der Waals surface area (Å²) in [7, 11) is 0. The van der Waals surface area contributed by atoms with Gasteiger partial charge in [-0.15, -0.1) is 0 Å². The Bertz CT molecular complexity index is 861. The van der Waals surface area contributed by atoms with Crippen LogP contribution >= 0.6 is 0 Å². The molecule has 0 spiro atoms. The van der Waals surface area contributed by atoms with Crippen molar-refractivity contribution in [2.45, 2.75) is 6.92 Å². The van der Waals surface area contributed by atoms with E-state index in [1.165, 1.54) is 0 Å². The van der Waals surface area contributed by atoms with Crippen molar-refractivity contribution in [2.24, 2.45) is 5.73 Å². The van der Waals surface area contributed by atoms with E-state index in [1.54, 1.807) is 6.07 Å². The lowest BCUT2D eigenvalue weighted by Gasteiger charge is -2.09. The normalized spacial score (nSPS) is 10.8. The largest absolute Gasteiger partial charge is 0.492 e. The molecule has 140 valence electrons. The molecular formula is C23H25FN2O. The first-order valence-corrected chi connectivity index (χ1v) is 9.18. The number of halogens is 1. The maximum atomic E-state index is 14.6. The fourth-order valence-electron chi connectivity index (χ4n) is 2.87. The summed E-state index contributed by atoms with van der Waals surface area (Å²) in [6.45, 7) is 4.76. The maximum Gasteiger partial charge on any atom is 0.131 e. The molecule has 0 aliphatic carbocycles. The van der Waals surface area contributed by atoms with E-state index in [9.17, 15) is 4.39 Å². The Morgan fingerprint density at radius 1 is 0.852 bits per heavy atom. The Labute approximate surface area is 160 Å². The maximum absolute atomic E-state index is 14.6. The number of nitrogens with one attached hydrogen (secondary N) is 1. The van der Waals surface area contributed by atoms with Gasteiger partial charge in [0.15, 0.2) is 0 Å². The lowest BCUT2D eigenvalue weighted by molar-refractivity contribution is 0.315. The molecule has 0 atom stereocenters. The van der Waals surface area contributed by atoms with Gasteiger partial charge in [0, 0.05) is 25.2 Å². The van der Waals surface area contributed by atoms with Crippen LogP contribution in [0.3, 0.4) is 0 Å². The van der Waals surface area contributed by atoms with Crippen molar-refractivity contribution < 1.29 is 9.13 Å². The molecule has 0 aliphatic rings. The summed E-state index contributed by atoms with van der Waals surface area (Å²) in [6, 6.07) is 21.0. The van der Waals surface area contributed by atoms with Gasteiger partial charge in [0.2, 0.25) is 0 Å². The van der Waals surface area contributed by atoms with Crippen LogP contribution in [0, 0.1) is 12.7 Å². The molecule has 0 heterocycles. The number of aryl methyl sites for hydroxylation is 1. The van der Waals surface area contributed by atoms with Crippen molar-refractivity contribution >= 4 is 0 Å². The molecule has 3 rings (SSSR count). The molecule has 0 saturated carbocycles. The van der Waals surface area contributed by atoms with E-state index in [4.69, 9.17) is 10.5 Å². The first-order chi connectivity index (χ1) is 13.2. The minimum Gasteiger partial charge on any atom is -0.492 e. The second kappa shape index (κ2) is 9.31. The predicted octanol–water partition coefficient (Wildman–Crippen LogP) is 4.40. The van der Waals surface area contributed by atoms with E-state index in [2.05, 4.69) is 5.32 Å². The van der Waals surface area contributed by atoms with E-state index in [0.29, 0.717) is 18.7 Å². The van der Waals surface area contributed by atoms with E-state index in [0.717, 1.165) is 41.1 Å². The van der Waals surface area contributed by atoms with Crippen LogP contribution in [-0.4, -0.2) is 26.2 Å². The zero-order chi connectivity index (χ0) is 19.1. The number of ether oxygens (including phenoxy) is 1. The van der Waals surface area contributed by atoms with Gasteiger partial charge >= 0.3 is 0 Å². The van der Waals surface area contributed by atoms with E-state index in [-0.39, 0.29) is 5.82 Å². The first kappa shape index (κ1) is 19.1. The molecule has 0 aromatic heterocycles. The first-order valence-electron chi connectivity index (χ1n) is 9.18. The molecule has 0 amide bonds. The molecule has 3 nitrogen and oxygen atoms in total. The highest BCUT2D eigenvalue weighted by molar-refractivity contribution is 5.71. The van der Waals surface area contributed by atoms with Crippen LogP contribution < -0.4 is 15.8 Å². The van der Waals surface area contributed by atoms with Gasteiger partial charge in [-0.1, -0.05) is 54.1 Å². The minimum atomic E-state index is -0.220. The summed E-state index contributed by atoms with van der Waals surface area (Å²) in [5.41, 5.74) is 9.89. The Balaban J connectivity index is 1.67. The zero-order valence-electron chi connectivity index (χ0n) is 15.5. The van der Waals surface area contributed by atoms with Gasteiger partial charge in [-0.05, 0) is 41.8 Å². The molecule has 3 aromatic carbocycles. The van der Waals surface area contributed by atoms with Gasteiger partial charge in [0.25, 0.3) is 0 Å². The third-order valence-electron chi connectivity index (χ3n) is 4.39. The van der Waals surface area contributed by atoms with Crippen molar-refractivity contribution in [3.63, 3.8) is 0 Å². The van der Waals surface area contributed by atoms with E-state index >= 15 is 0 Å². The van der Waals surface area contributed by atoms with Crippen LogP contribution in [0.1, 0.15) is 5.56 Å².